The molecule has 1 aromatic rings. The van der Waals surface area contributed by atoms with Gasteiger partial charge in [0, 0.05) is 50.8 Å². The average Bonchev–Trinajstić information content (AvgIpc) is 2.39. The molecule has 0 radical (unpaired) electrons. The van der Waals surface area contributed by atoms with Gasteiger partial charge in [0.15, 0.2) is 0 Å². The largest absolute Gasteiger partial charge is 0.388 e. The van der Waals surface area contributed by atoms with E-state index >= 15 is 0 Å². The normalized spacial score (nSPS) is 17.9. The molecule has 1 saturated heterocycles. The maximum absolute atomic E-state index is 13.2. The Bertz CT molecular complexity index is 489. The lowest BCUT2D eigenvalue weighted by atomic mass is 9.94. The van der Waals surface area contributed by atoms with E-state index in [0.717, 1.165) is 18.2 Å². The molecule has 7 heteroatoms. The summed E-state index contributed by atoms with van der Waals surface area (Å²) in [4.78, 5) is 10.3. The predicted octanol–water partition coefficient (Wildman–Crippen LogP) is 1.36. The number of nitrogens with zero attached hydrogens (tertiary/aromatic N) is 1. The molecule has 2 N–H and O–H groups in total. The maximum Gasteiger partial charge on any atom is 0.274 e. The van der Waals surface area contributed by atoms with E-state index in [1.165, 1.54) is 0 Å². The molecule has 1 fully saturated rings. The van der Waals surface area contributed by atoms with Crippen molar-refractivity contribution in [2.75, 3.05) is 19.8 Å². The number of nitro benzene ring substituents is 1. The minimum atomic E-state index is -0.861. The van der Waals surface area contributed by atoms with Crippen LogP contribution in [0, 0.1) is 15.9 Å². The minimum absolute atomic E-state index is 0.127. The van der Waals surface area contributed by atoms with Crippen molar-refractivity contribution in [3.63, 3.8) is 0 Å². The zero-order chi connectivity index (χ0) is 14.6. The maximum atomic E-state index is 13.2. The van der Waals surface area contributed by atoms with Crippen molar-refractivity contribution in [3.8, 4) is 0 Å². The number of nitrogens with one attached hydrogen (secondary N) is 1. The average molecular weight is 284 g/mol. The second-order valence-corrected chi connectivity index (χ2v) is 4.97. The third-order valence-corrected chi connectivity index (χ3v) is 3.43. The van der Waals surface area contributed by atoms with Crippen molar-refractivity contribution in [1.29, 1.82) is 0 Å². The molecule has 6 nitrogen and oxygen atoms in total. The summed E-state index contributed by atoms with van der Waals surface area (Å²) in [6, 6.07) is 3.35. The van der Waals surface area contributed by atoms with Gasteiger partial charge in [0.05, 0.1) is 10.5 Å². The van der Waals surface area contributed by atoms with E-state index in [2.05, 4.69) is 5.32 Å². The summed E-state index contributed by atoms with van der Waals surface area (Å²) in [6.07, 6.45) is 1.04. The lowest BCUT2D eigenvalue weighted by Gasteiger charge is -2.32. The topological polar surface area (TPSA) is 84.6 Å². The first-order valence-electron chi connectivity index (χ1n) is 6.44. The highest BCUT2D eigenvalue weighted by Gasteiger charge is 2.29. The Labute approximate surface area is 115 Å². The zero-order valence-corrected chi connectivity index (χ0v) is 11.0. The second kappa shape index (κ2) is 6.25. The van der Waals surface area contributed by atoms with Gasteiger partial charge < -0.3 is 15.2 Å². The molecule has 0 bridgehead atoms. The van der Waals surface area contributed by atoms with E-state index in [4.69, 9.17) is 4.74 Å². The van der Waals surface area contributed by atoms with Gasteiger partial charge in [-0.05, 0) is 12.1 Å². The molecule has 0 amide bonds. The lowest BCUT2D eigenvalue weighted by Crippen LogP contribution is -2.44. The van der Waals surface area contributed by atoms with Crippen LogP contribution in [-0.2, 0) is 11.3 Å². The molecule has 2 rings (SSSR count). The molecule has 1 aromatic carbocycles. The van der Waals surface area contributed by atoms with Crippen LogP contribution >= 0.6 is 0 Å². The third kappa shape index (κ3) is 3.72. The van der Waals surface area contributed by atoms with Crippen molar-refractivity contribution in [3.05, 3.63) is 39.7 Å². The first-order valence-corrected chi connectivity index (χ1v) is 6.44. The quantitative estimate of drug-likeness (QED) is 0.630. The SMILES string of the molecule is O=[N+]([O-])c1ccc(F)cc1CNCC1(O)CCOCC1. The van der Waals surface area contributed by atoms with E-state index in [1.54, 1.807) is 0 Å². The number of benzene rings is 1. The molecule has 110 valence electrons. The summed E-state index contributed by atoms with van der Waals surface area (Å²) >= 11 is 0. The van der Waals surface area contributed by atoms with Crippen LogP contribution in [0.3, 0.4) is 0 Å². The van der Waals surface area contributed by atoms with Crippen LogP contribution in [-0.4, -0.2) is 35.4 Å². The van der Waals surface area contributed by atoms with Crippen LogP contribution in [0.25, 0.3) is 0 Å². The first kappa shape index (κ1) is 14.8. The van der Waals surface area contributed by atoms with E-state index in [0.29, 0.717) is 32.6 Å². The smallest absolute Gasteiger partial charge is 0.274 e. The van der Waals surface area contributed by atoms with Gasteiger partial charge in [-0.1, -0.05) is 0 Å². The molecular formula is C13H17FN2O4. The Hall–Kier alpha value is -1.57. The van der Waals surface area contributed by atoms with E-state index in [1.807, 2.05) is 0 Å². The molecule has 1 aliphatic heterocycles. The summed E-state index contributed by atoms with van der Waals surface area (Å²) in [5.41, 5.74) is -0.719. The van der Waals surface area contributed by atoms with Crippen LogP contribution < -0.4 is 5.32 Å². The van der Waals surface area contributed by atoms with Gasteiger partial charge in [0.1, 0.15) is 5.82 Å². The highest BCUT2D eigenvalue weighted by Crippen LogP contribution is 2.21. The summed E-state index contributed by atoms with van der Waals surface area (Å²) in [5.74, 6) is -0.517. The van der Waals surface area contributed by atoms with Crippen LogP contribution in [0.5, 0.6) is 0 Å². The summed E-state index contributed by atoms with van der Waals surface area (Å²) < 4.78 is 18.3. The molecular weight excluding hydrogens is 267 g/mol. The Kier molecular flexibility index (Phi) is 4.64. The number of hydrogen-bond acceptors (Lipinski definition) is 5. The van der Waals surface area contributed by atoms with E-state index < -0.39 is 16.3 Å². The Balaban J connectivity index is 1.96. The van der Waals surface area contributed by atoms with Crippen LogP contribution in [0.15, 0.2) is 18.2 Å². The number of rotatable bonds is 5. The summed E-state index contributed by atoms with van der Waals surface area (Å²) in [6.45, 7) is 1.43. The Morgan fingerprint density at radius 1 is 1.45 bits per heavy atom. The van der Waals surface area contributed by atoms with Gasteiger partial charge in [-0.15, -0.1) is 0 Å². The van der Waals surface area contributed by atoms with E-state index in [9.17, 15) is 19.6 Å². The molecule has 0 unspecified atom stereocenters. The van der Waals surface area contributed by atoms with Crippen LogP contribution in [0.2, 0.25) is 0 Å². The number of aliphatic hydroxyl groups is 1. The zero-order valence-electron chi connectivity index (χ0n) is 11.0. The van der Waals surface area contributed by atoms with Crippen molar-refractivity contribution in [1.82, 2.24) is 5.32 Å². The Morgan fingerprint density at radius 3 is 2.80 bits per heavy atom. The highest BCUT2D eigenvalue weighted by molar-refractivity contribution is 5.40. The van der Waals surface area contributed by atoms with Crippen LogP contribution in [0.1, 0.15) is 18.4 Å². The molecule has 1 heterocycles. The number of halogens is 1. The van der Waals surface area contributed by atoms with E-state index in [-0.39, 0.29) is 17.8 Å². The van der Waals surface area contributed by atoms with Gasteiger partial charge in [-0.25, -0.2) is 4.39 Å². The van der Waals surface area contributed by atoms with Gasteiger partial charge in [-0.2, -0.15) is 0 Å². The minimum Gasteiger partial charge on any atom is -0.388 e. The van der Waals surface area contributed by atoms with Crippen molar-refractivity contribution in [2.45, 2.75) is 25.0 Å². The number of hydrogen-bond donors (Lipinski definition) is 2. The number of ether oxygens (including phenoxy) is 1. The molecule has 1 aliphatic rings. The van der Waals surface area contributed by atoms with Crippen molar-refractivity contribution in [2.24, 2.45) is 0 Å². The molecule has 0 atom stereocenters. The van der Waals surface area contributed by atoms with Gasteiger partial charge in [0.25, 0.3) is 5.69 Å². The molecule has 0 saturated carbocycles. The third-order valence-electron chi connectivity index (χ3n) is 3.43. The molecule has 0 aromatic heterocycles. The molecule has 0 aliphatic carbocycles. The van der Waals surface area contributed by atoms with Crippen molar-refractivity contribution >= 4 is 5.69 Å². The molecule has 0 spiro atoms. The number of nitro groups is 1. The first-order chi connectivity index (χ1) is 9.50. The van der Waals surface area contributed by atoms with Gasteiger partial charge in [0.2, 0.25) is 0 Å². The fourth-order valence-corrected chi connectivity index (χ4v) is 2.23. The fourth-order valence-electron chi connectivity index (χ4n) is 2.23. The predicted molar refractivity (Wildman–Crippen MR) is 69.8 cm³/mol. The summed E-state index contributed by atoms with van der Waals surface area (Å²) in [7, 11) is 0. The van der Waals surface area contributed by atoms with Gasteiger partial charge >= 0.3 is 0 Å². The standard InChI is InChI=1S/C13H17FN2O4/c14-11-1-2-12(16(18)19)10(7-11)8-15-9-13(17)3-5-20-6-4-13/h1-2,7,15,17H,3-6,8-9H2. The van der Waals surface area contributed by atoms with Gasteiger partial charge in [-0.3, -0.25) is 10.1 Å². The second-order valence-electron chi connectivity index (χ2n) is 4.97. The van der Waals surface area contributed by atoms with Crippen molar-refractivity contribution < 1.29 is 19.2 Å². The molecule has 20 heavy (non-hydrogen) atoms. The van der Waals surface area contributed by atoms with Crippen LogP contribution in [0.4, 0.5) is 10.1 Å². The fraction of sp³-hybridized carbons (Fsp3) is 0.538. The highest BCUT2D eigenvalue weighted by atomic mass is 19.1. The Morgan fingerprint density at radius 2 is 2.15 bits per heavy atom. The summed E-state index contributed by atoms with van der Waals surface area (Å²) in [5, 5.41) is 24.0. The lowest BCUT2D eigenvalue weighted by molar-refractivity contribution is -0.385. The monoisotopic (exact) mass is 284 g/mol.